The normalized spacial score (nSPS) is 32.4. The molecule has 2 heterocycles. The van der Waals surface area contributed by atoms with Crippen LogP contribution in [0.2, 0.25) is 0 Å². The Labute approximate surface area is 102 Å². The van der Waals surface area contributed by atoms with E-state index < -0.39 is 0 Å². The van der Waals surface area contributed by atoms with Crippen molar-refractivity contribution in [2.75, 3.05) is 13.1 Å². The van der Waals surface area contributed by atoms with Crippen molar-refractivity contribution in [1.29, 1.82) is 0 Å². The lowest BCUT2D eigenvalue weighted by molar-refractivity contribution is 0.460. The minimum absolute atomic E-state index is 0.173. The summed E-state index contributed by atoms with van der Waals surface area (Å²) in [6.07, 6.45) is 3.44. The Bertz CT molecular complexity index is 312. The largest absolute Gasteiger partial charge is 0.316 e. The van der Waals surface area contributed by atoms with Crippen molar-refractivity contribution in [3.63, 3.8) is 0 Å². The number of hydrogen-bond donors (Lipinski definition) is 2. The van der Waals surface area contributed by atoms with Crippen LogP contribution in [-0.2, 0) is 0 Å². The highest BCUT2D eigenvalue weighted by molar-refractivity contribution is 8.32. The number of rotatable bonds is 3. The Morgan fingerprint density at radius 3 is 2.81 bits per heavy atom. The van der Waals surface area contributed by atoms with E-state index in [1.807, 2.05) is 0 Å². The van der Waals surface area contributed by atoms with Crippen LogP contribution >= 0.6 is 10.9 Å². The van der Waals surface area contributed by atoms with Gasteiger partial charge in [-0.3, -0.25) is 4.99 Å². The fourth-order valence-corrected chi connectivity index (χ4v) is 5.33. The molecule has 2 aliphatic rings. The van der Waals surface area contributed by atoms with Gasteiger partial charge in [0.1, 0.15) is 0 Å². The molecular weight excluding hydrogens is 216 g/mol. The van der Waals surface area contributed by atoms with Crippen molar-refractivity contribution in [1.82, 2.24) is 5.32 Å². The lowest BCUT2D eigenvalue weighted by atomic mass is 9.94. The molecule has 0 aromatic carbocycles. The Balaban J connectivity index is 2.16. The fraction of sp³-hybridized carbons (Fsp3) is 0.769. The summed E-state index contributed by atoms with van der Waals surface area (Å²) >= 11 is 0. The summed E-state index contributed by atoms with van der Waals surface area (Å²) < 4.78 is 0.398. The first kappa shape index (κ1) is 12.2. The summed E-state index contributed by atoms with van der Waals surface area (Å²) in [4.78, 5) is 6.00. The van der Waals surface area contributed by atoms with E-state index in [0.29, 0.717) is 10.7 Å². The van der Waals surface area contributed by atoms with Crippen LogP contribution in [0.1, 0.15) is 34.1 Å². The molecule has 2 atom stereocenters. The highest BCUT2D eigenvalue weighted by Gasteiger charge is 2.38. The van der Waals surface area contributed by atoms with Crippen LogP contribution < -0.4 is 5.32 Å². The molecule has 2 unspecified atom stereocenters. The molecule has 0 bridgehead atoms. The summed E-state index contributed by atoms with van der Waals surface area (Å²) in [5.41, 5.74) is 2.23. The number of hydrogen-bond acceptors (Lipinski definition) is 2. The monoisotopic (exact) mass is 240 g/mol. The zero-order valence-electron chi connectivity index (χ0n) is 10.8. The predicted molar refractivity (Wildman–Crippen MR) is 75.5 cm³/mol. The van der Waals surface area contributed by atoms with Crippen LogP contribution in [0.15, 0.2) is 16.1 Å². The third-order valence-electron chi connectivity index (χ3n) is 3.94. The van der Waals surface area contributed by atoms with Crippen LogP contribution in [0.4, 0.5) is 0 Å². The van der Waals surface area contributed by atoms with Gasteiger partial charge in [0.05, 0.1) is 0 Å². The average Bonchev–Trinajstić information content (AvgIpc) is 2.89. The van der Waals surface area contributed by atoms with E-state index >= 15 is 0 Å². The summed E-state index contributed by atoms with van der Waals surface area (Å²) in [5, 5.41) is 3.49. The van der Waals surface area contributed by atoms with Gasteiger partial charge in [0.2, 0.25) is 0 Å². The van der Waals surface area contributed by atoms with Crippen LogP contribution in [0.25, 0.3) is 0 Å². The molecule has 3 heteroatoms. The van der Waals surface area contributed by atoms with E-state index in [2.05, 4.69) is 49.8 Å². The van der Waals surface area contributed by atoms with Gasteiger partial charge in [-0.2, -0.15) is 10.9 Å². The van der Waals surface area contributed by atoms with E-state index in [4.69, 9.17) is 0 Å². The van der Waals surface area contributed by atoms with Gasteiger partial charge in [-0.15, -0.1) is 0 Å². The molecule has 16 heavy (non-hydrogen) atoms. The Morgan fingerprint density at radius 1 is 1.50 bits per heavy atom. The van der Waals surface area contributed by atoms with Gasteiger partial charge in [-0.05, 0) is 36.3 Å². The van der Waals surface area contributed by atoms with E-state index in [1.54, 1.807) is 4.91 Å². The van der Waals surface area contributed by atoms with E-state index in [-0.39, 0.29) is 10.9 Å². The first-order valence-corrected chi connectivity index (χ1v) is 7.68. The lowest BCUT2D eigenvalue weighted by Gasteiger charge is -2.41. The lowest BCUT2D eigenvalue weighted by Crippen LogP contribution is -2.33. The molecule has 0 aromatic heterocycles. The molecule has 2 nitrogen and oxygen atoms in total. The summed E-state index contributed by atoms with van der Waals surface area (Å²) in [6.45, 7) is 11.8. The Morgan fingerprint density at radius 2 is 2.25 bits per heavy atom. The Kier molecular flexibility index (Phi) is 3.45. The van der Waals surface area contributed by atoms with Gasteiger partial charge < -0.3 is 5.32 Å². The molecule has 1 saturated heterocycles. The SMILES string of the molecule is CC(C)C1=CN=C[SH]1C(C)(C)C1CCNC1. The second-order valence-electron chi connectivity index (χ2n) is 5.69. The molecule has 2 rings (SSSR count). The maximum atomic E-state index is 4.43. The molecule has 2 aliphatic heterocycles. The van der Waals surface area contributed by atoms with Gasteiger partial charge in [-0.1, -0.05) is 27.7 Å². The minimum Gasteiger partial charge on any atom is -0.316 e. The molecule has 0 saturated carbocycles. The maximum absolute atomic E-state index is 4.43. The van der Waals surface area contributed by atoms with Crippen LogP contribution in [-0.4, -0.2) is 23.4 Å². The molecule has 0 aliphatic carbocycles. The quantitative estimate of drug-likeness (QED) is 0.728. The first-order chi connectivity index (χ1) is 7.53. The smallest absolute Gasteiger partial charge is 0.0443 e. The van der Waals surface area contributed by atoms with Gasteiger partial charge in [0, 0.05) is 16.5 Å². The van der Waals surface area contributed by atoms with Crippen LogP contribution in [0.3, 0.4) is 0 Å². The van der Waals surface area contributed by atoms with Gasteiger partial charge in [-0.25, -0.2) is 0 Å². The van der Waals surface area contributed by atoms with E-state index in [1.165, 1.54) is 19.5 Å². The molecular formula is C13H24N2S. The second-order valence-corrected chi connectivity index (χ2v) is 8.33. The predicted octanol–water partition coefficient (Wildman–Crippen LogP) is 2.92. The van der Waals surface area contributed by atoms with Gasteiger partial charge in [0.15, 0.2) is 0 Å². The van der Waals surface area contributed by atoms with Crippen molar-refractivity contribution in [2.45, 2.75) is 38.9 Å². The third-order valence-corrected chi connectivity index (χ3v) is 7.10. The fourth-order valence-electron chi connectivity index (χ4n) is 2.67. The molecule has 1 fully saturated rings. The van der Waals surface area contributed by atoms with Crippen LogP contribution in [0, 0.1) is 11.8 Å². The van der Waals surface area contributed by atoms with Crippen molar-refractivity contribution < 1.29 is 0 Å². The first-order valence-electron chi connectivity index (χ1n) is 6.27. The summed E-state index contributed by atoms with van der Waals surface area (Å²) in [7, 11) is -0.173. The molecule has 0 amide bonds. The van der Waals surface area contributed by atoms with Gasteiger partial charge >= 0.3 is 0 Å². The summed E-state index contributed by atoms with van der Waals surface area (Å²) in [5.74, 6) is 1.45. The molecule has 0 aromatic rings. The molecule has 1 N–H and O–H groups in total. The van der Waals surface area contributed by atoms with Crippen molar-refractivity contribution in [2.24, 2.45) is 16.8 Å². The van der Waals surface area contributed by atoms with Crippen molar-refractivity contribution in [3.8, 4) is 0 Å². The molecule has 0 spiro atoms. The van der Waals surface area contributed by atoms with Gasteiger partial charge in [0.25, 0.3) is 0 Å². The van der Waals surface area contributed by atoms with Crippen molar-refractivity contribution >= 4 is 16.4 Å². The van der Waals surface area contributed by atoms with E-state index in [0.717, 1.165) is 5.92 Å². The maximum Gasteiger partial charge on any atom is 0.0443 e. The van der Waals surface area contributed by atoms with E-state index in [9.17, 15) is 0 Å². The minimum atomic E-state index is -0.173. The number of aliphatic imine (C=N–C) groups is 1. The average molecular weight is 240 g/mol. The third kappa shape index (κ3) is 2.07. The van der Waals surface area contributed by atoms with Crippen LogP contribution in [0.5, 0.6) is 0 Å². The van der Waals surface area contributed by atoms with Crippen molar-refractivity contribution in [3.05, 3.63) is 11.1 Å². The number of thiol groups is 1. The molecule has 0 radical (unpaired) electrons. The Hall–Kier alpha value is -0.280. The number of nitrogens with zero attached hydrogens (tertiary/aromatic N) is 1. The highest BCUT2D eigenvalue weighted by Crippen LogP contribution is 2.55. The number of nitrogens with one attached hydrogen (secondary N) is 1. The standard InChI is InChI=1S/C13H24N2S/c1-10(2)12-8-15-9-16(12)13(3,4)11-5-6-14-7-11/h8-11,14,16H,5-7H2,1-4H3. The zero-order valence-corrected chi connectivity index (χ0v) is 11.7. The molecule has 92 valence electrons. The zero-order chi connectivity index (χ0) is 11.8. The second kappa shape index (κ2) is 4.53. The summed E-state index contributed by atoms with van der Waals surface area (Å²) in [6, 6.07) is 0. The topological polar surface area (TPSA) is 24.4 Å². The highest BCUT2D eigenvalue weighted by atomic mass is 32.2. The number of allylic oxidation sites excluding steroid dienone is 1.